The van der Waals surface area contributed by atoms with E-state index < -0.39 is 10.0 Å². The fourth-order valence-corrected chi connectivity index (χ4v) is 4.21. The van der Waals surface area contributed by atoms with E-state index in [1.54, 1.807) is 0 Å². The highest BCUT2D eigenvalue weighted by Gasteiger charge is 2.31. The van der Waals surface area contributed by atoms with Gasteiger partial charge in [0.2, 0.25) is 10.0 Å². The van der Waals surface area contributed by atoms with Gasteiger partial charge in [0.25, 0.3) is 0 Å². The van der Waals surface area contributed by atoms with Crippen LogP contribution in [0, 0.1) is 17.2 Å². The van der Waals surface area contributed by atoms with E-state index in [2.05, 4.69) is 0 Å². The molecule has 0 radical (unpaired) electrons. The van der Waals surface area contributed by atoms with Gasteiger partial charge in [-0.05, 0) is 30.9 Å². The molecule has 0 amide bonds. The number of halogens is 1. The summed E-state index contributed by atoms with van der Waals surface area (Å²) in [5.41, 5.74) is -0.0153. The molecule has 0 aromatic heterocycles. The lowest BCUT2D eigenvalue weighted by molar-refractivity contribution is 0.170. The van der Waals surface area contributed by atoms with Crippen LogP contribution in [0.5, 0.6) is 0 Å². The first-order valence-electron chi connectivity index (χ1n) is 6.30. The van der Waals surface area contributed by atoms with Crippen molar-refractivity contribution in [1.82, 2.24) is 4.31 Å². The van der Waals surface area contributed by atoms with Gasteiger partial charge in [-0.2, -0.15) is 9.57 Å². The summed E-state index contributed by atoms with van der Waals surface area (Å²) in [6.45, 7) is 0.782. The molecule has 1 aromatic carbocycles. The molecular weight excluding hydrogens is 300 g/mol. The molecule has 0 unspecified atom stereocenters. The van der Waals surface area contributed by atoms with Crippen LogP contribution in [-0.4, -0.2) is 37.5 Å². The summed E-state index contributed by atoms with van der Waals surface area (Å²) < 4.78 is 26.5. The number of piperidine rings is 1. The molecule has 1 saturated heterocycles. The molecule has 1 N–H and O–H groups in total. The average Bonchev–Trinajstić information content (AvgIpc) is 2.47. The van der Waals surface area contributed by atoms with Gasteiger partial charge >= 0.3 is 0 Å². The van der Waals surface area contributed by atoms with Gasteiger partial charge in [0.15, 0.2) is 0 Å². The van der Waals surface area contributed by atoms with Crippen LogP contribution in [0.25, 0.3) is 0 Å². The Labute approximate surface area is 123 Å². The Kier molecular flexibility index (Phi) is 4.66. The molecule has 20 heavy (non-hydrogen) atoms. The van der Waals surface area contributed by atoms with Crippen molar-refractivity contribution in [3.05, 3.63) is 28.8 Å². The van der Waals surface area contributed by atoms with Crippen molar-refractivity contribution in [3.8, 4) is 6.07 Å². The minimum Gasteiger partial charge on any atom is -0.396 e. The third-order valence-corrected chi connectivity index (χ3v) is 5.79. The zero-order chi connectivity index (χ0) is 14.8. The Hall–Kier alpha value is -1.13. The Morgan fingerprint density at radius 3 is 2.60 bits per heavy atom. The van der Waals surface area contributed by atoms with Crippen LogP contribution in [0.1, 0.15) is 18.4 Å². The molecule has 7 heteroatoms. The van der Waals surface area contributed by atoms with Gasteiger partial charge in [-0.3, -0.25) is 0 Å². The number of hydrogen-bond acceptors (Lipinski definition) is 4. The minimum absolute atomic E-state index is 0.0153. The maximum atomic E-state index is 12.6. The smallest absolute Gasteiger partial charge is 0.244 e. The number of nitriles is 1. The molecule has 0 bridgehead atoms. The maximum absolute atomic E-state index is 12.6. The molecule has 0 aliphatic carbocycles. The highest BCUT2D eigenvalue weighted by atomic mass is 35.5. The van der Waals surface area contributed by atoms with Gasteiger partial charge in [0, 0.05) is 19.7 Å². The summed E-state index contributed by atoms with van der Waals surface area (Å²) in [5, 5.41) is 18.3. The second-order valence-electron chi connectivity index (χ2n) is 4.75. The monoisotopic (exact) mass is 314 g/mol. The predicted octanol–water partition coefficient (Wildman–Crippen LogP) is 1.60. The summed E-state index contributed by atoms with van der Waals surface area (Å²) in [4.78, 5) is -0.0463. The van der Waals surface area contributed by atoms with Crippen LogP contribution in [0.15, 0.2) is 23.1 Å². The van der Waals surface area contributed by atoms with Gasteiger partial charge in [-0.25, -0.2) is 8.42 Å². The van der Waals surface area contributed by atoms with Crippen molar-refractivity contribution >= 4 is 21.6 Å². The Morgan fingerprint density at radius 1 is 1.40 bits per heavy atom. The van der Waals surface area contributed by atoms with Crippen molar-refractivity contribution in [2.45, 2.75) is 17.7 Å². The topological polar surface area (TPSA) is 81.4 Å². The highest BCUT2D eigenvalue weighted by molar-refractivity contribution is 7.89. The van der Waals surface area contributed by atoms with E-state index in [9.17, 15) is 8.42 Å². The lowest BCUT2D eigenvalue weighted by Crippen LogP contribution is -2.39. The Balaban J connectivity index is 2.33. The van der Waals surface area contributed by atoms with E-state index in [0.29, 0.717) is 25.9 Å². The van der Waals surface area contributed by atoms with Gasteiger partial charge in [0.05, 0.1) is 10.6 Å². The molecule has 0 atom stereocenters. The van der Waals surface area contributed by atoms with Crippen LogP contribution in [0.3, 0.4) is 0 Å². The fourth-order valence-electron chi connectivity index (χ4n) is 2.30. The quantitative estimate of drug-likeness (QED) is 0.919. The zero-order valence-corrected chi connectivity index (χ0v) is 12.4. The molecule has 5 nitrogen and oxygen atoms in total. The van der Waals surface area contributed by atoms with Crippen molar-refractivity contribution < 1.29 is 13.5 Å². The maximum Gasteiger partial charge on any atom is 0.244 e. The molecule has 0 spiro atoms. The molecular formula is C13H15ClN2O3S. The summed E-state index contributed by atoms with van der Waals surface area (Å²) in [7, 11) is -3.71. The number of aliphatic hydroxyl groups excluding tert-OH is 1. The first-order valence-corrected chi connectivity index (χ1v) is 8.12. The summed E-state index contributed by atoms with van der Waals surface area (Å²) in [6.07, 6.45) is 1.25. The number of benzene rings is 1. The molecule has 1 aromatic rings. The van der Waals surface area contributed by atoms with E-state index in [1.165, 1.54) is 22.5 Å². The average molecular weight is 315 g/mol. The van der Waals surface area contributed by atoms with Gasteiger partial charge in [0.1, 0.15) is 11.0 Å². The summed E-state index contributed by atoms with van der Waals surface area (Å²) in [5.74, 6) is 0.149. The summed E-state index contributed by atoms with van der Waals surface area (Å²) >= 11 is 5.88. The molecule has 1 aliphatic heterocycles. The first-order chi connectivity index (χ1) is 9.50. The molecule has 108 valence electrons. The van der Waals surface area contributed by atoms with E-state index >= 15 is 0 Å². The van der Waals surface area contributed by atoms with Crippen molar-refractivity contribution in [3.63, 3.8) is 0 Å². The standard InChI is InChI=1S/C13H15ClN2O3S/c14-12-2-1-3-13(11(12)8-15)20(18,19)16-6-4-10(9-17)5-7-16/h1-3,10,17H,4-7,9H2. The van der Waals surface area contributed by atoms with E-state index in [1.807, 2.05) is 6.07 Å². The third kappa shape index (κ3) is 2.81. The third-order valence-electron chi connectivity index (χ3n) is 3.54. The second kappa shape index (κ2) is 6.10. The SMILES string of the molecule is N#Cc1c(Cl)cccc1S(=O)(=O)N1CCC(CO)CC1. The van der Waals surface area contributed by atoms with Crippen LogP contribution in [0.4, 0.5) is 0 Å². The second-order valence-corrected chi connectivity index (χ2v) is 7.07. The van der Waals surface area contributed by atoms with Crippen molar-refractivity contribution in [2.24, 2.45) is 5.92 Å². The van der Waals surface area contributed by atoms with Gasteiger partial charge in [-0.15, -0.1) is 0 Å². The molecule has 2 rings (SSSR count). The van der Waals surface area contributed by atoms with Crippen LogP contribution >= 0.6 is 11.6 Å². The summed E-state index contributed by atoms with van der Waals surface area (Å²) in [6, 6.07) is 6.27. The lowest BCUT2D eigenvalue weighted by atomic mass is 10.00. The number of rotatable bonds is 3. The van der Waals surface area contributed by atoms with Crippen LogP contribution in [0.2, 0.25) is 5.02 Å². The van der Waals surface area contributed by atoms with E-state index in [0.717, 1.165) is 0 Å². The number of aliphatic hydroxyl groups is 1. The van der Waals surface area contributed by atoms with E-state index in [-0.39, 0.29) is 28.0 Å². The normalized spacial score (nSPS) is 17.9. The molecule has 0 saturated carbocycles. The highest BCUT2D eigenvalue weighted by Crippen LogP contribution is 2.28. The fraction of sp³-hybridized carbons (Fsp3) is 0.462. The molecule has 1 fully saturated rings. The zero-order valence-electron chi connectivity index (χ0n) is 10.8. The largest absolute Gasteiger partial charge is 0.396 e. The molecule has 1 aliphatic rings. The Bertz CT molecular complexity index is 632. The van der Waals surface area contributed by atoms with Crippen molar-refractivity contribution in [2.75, 3.05) is 19.7 Å². The molecule has 1 heterocycles. The van der Waals surface area contributed by atoms with Crippen LogP contribution < -0.4 is 0 Å². The number of sulfonamides is 1. The van der Waals surface area contributed by atoms with Crippen LogP contribution in [-0.2, 0) is 10.0 Å². The van der Waals surface area contributed by atoms with Crippen molar-refractivity contribution in [1.29, 1.82) is 5.26 Å². The first kappa shape index (κ1) is 15.3. The van der Waals surface area contributed by atoms with Gasteiger partial charge < -0.3 is 5.11 Å². The predicted molar refractivity (Wildman–Crippen MR) is 74.7 cm³/mol. The lowest BCUT2D eigenvalue weighted by Gasteiger charge is -2.30. The van der Waals surface area contributed by atoms with E-state index in [4.69, 9.17) is 22.0 Å². The number of nitrogens with zero attached hydrogens (tertiary/aromatic N) is 2. The minimum atomic E-state index is -3.71. The van der Waals surface area contributed by atoms with Gasteiger partial charge in [-0.1, -0.05) is 17.7 Å². The Morgan fingerprint density at radius 2 is 2.05 bits per heavy atom. The number of hydrogen-bond donors (Lipinski definition) is 1.